The highest BCUT2D eigenvalue weighted by atomic mass is 35.5. The van der Waals surface area contributed by atoms with E-state index in [1.54, 1.807) is 7.11 Å². The third-order valence-corrected chi connectivity index (χ3v) is 4.24. The highest BCUT2D eigenvalue weighted by molar-refractivity contribution is 6.30. The molecular weight excluding hydrogens is 407 g/mol. The van der Waals surface area contributed by atoms with E-state index < -0.39 is 0 Å². The zero-order chi connectivity index (χ0) is 18.1. The fraction of sp³-hybridized carbons (Fsp3) is 0.400. The van der Waals surface area contributed by atoms with Crippen LogP contribution in [0.3, 0.4) is 0 Å². The maximum Gasteiger partial charge on any atom is 0.119 e. The van der Waals surface area contributed by atoms with Crippen LogP contribution < -0.4 is 15.8 Å². The summed E-state index contributed by atoms with van der Waals surface area (Å²) in [5.74, 6) is 0.857. The predicted molar refractivity (Wildman–Crippen MR) is 118 cm³/mol. The highest BCUT2D eigenvalue weighted by Gasteiger charge is 2.12. The second-order valence-corrected chi connectivity index (χ2v) is 6.51. The molecule has 2 aromatic rings. The van der Waals surface area contributed by atoms with E-state index >= 15 is 0 Å². The number of nitrogens with two attached hydrogens (primary N) is 1. The van der Waals surface area contributed by atoms with Gasteiger partial charge in [0.1, 0.15) is 12.4 Å². The Hall–Kier alpha value is -1.01. The van der Waals surface area contributed by atoms with Gasteiger partial charge in [-0.15, -0.1) is 24.8 Å². The molecule has 0 saturated carbocycles. The van der Waals surface area contributed by atoms with E-state index in [9.17, 15) is 0 Å². The van der Waals surface area contributed by atoms with Gasteiger partial charge >= 0.3 is 0 Å². The maximum absolute atomic E-state index is 6.07. The van der Waals surface area contributed by atoms with E-state index in [0.717, 1.165) is 29.3 Å². The molecule has 27 heavy (non-hydrogen) atoms. The predicted octanol–water partition coefficient (Wildman–Crippen LogP) is 4.43. The smallest absolute Gasteiger partial charge is 0.119 e. The molecule has 0 aliphatic carbocycles. The molecule has 0 fully saturated rings. The Morgan fingerprint density at radius 2 is 1.81 bits per heavy atom. The van der Waals surface area contributed by atoms with Crippen LogP contribution >= 0.6 is 36.4 Å². The lowest BCUT2D eigenvalue weighted by Gasteiger charge is -2.20. The van der Waals surface area contributed by atoms with Crippen molar-refractivity contribution < 1.29 is 9.47 Å². The molecule has 2 unspecified atom stereocenters. The fourth-order valence-electron chi connectivity index (χ4n) is 2.68. The van der Waals surface area contributed by atoms with Crippen LogP contribution in [0.4, 0.5) is 0 Å². The normalized spacial score (nSPS) is 12.4. The third-order valence-electron chi connectivity index (χ3n) is 4.01. The molecule has 0 heterocycles. The van der Waals surface area contributed by atoms with Gasteiger partial charge in [-0.1, -0.05) is 35.9 Å². The Morgan fingerprint density at radius 1 is 1.11 bits per heavy atom. The first-order valence-corrected chi connectivity index (χ1v) is 8.93. The molecule has 152 valence electrons. The minimum absolute atomic E-state index is 0. The largest absolute Gasteiger partial charge is 0.492 e. The van der Waals surface area contributed by atoms with Crippen molar-refractivity contribution in [3.05, 3.63) is 64.7 Å². The molecule has 0 saturated heterocycles. The van der Waals surface area contributed by atoms with Crippen molar-refractivity contribution in [3.63, 3.8) is 0 Å². The third kappa shape index (κ3) is 9.15. The van der Waals surface area contributed by atoms with E-state index in [2.05, 4.69) is 24.4 Å². The first-order chi connectivity index (χ1) is 12.1. The molecule has 0 bridgehead atoms. The van der Waals surface area contributed by atoms with E-state index in [1.165, 1.54) is 5.56 Å². The van der Waals surface area contributed by atoms with Crippen molar-refractivity contribution in [2.24, 2.45) is 5.73 Å². The van der Waals surface area contributed by atoms with Gasteiger partial charge in [-0.05, 0) is 48.7 Å². The van der Waals surface area contributed by atoms with Crippen LogP contribution in [-0.2, 0) is 11.2 Å². The van der Waals surface area contributed by atoms with Crippen molar-refractivity contribution >= 4 is 36.4 Å². The van der Waals surface area contributed by atoms with Crippen molar-refractivity contribution in [1.29, 1.82) is 0 Å². The van der Waals surface area contributed by atoms with Gasteiger partial charge in [0.05, 0.1) is 6.10 Å². The van der Waals surface area contributed by atoms with Crippen molar-refractivity contribution in [1.82, 2.24) is 5.32 Å². The van der Waals surface area contributed by atoms with E-state index in [-0.39, 0.29) is 30.9 Å². The lowest BCUT2D eigenvalue weighted by atomic mass is 10.1. The van der Waals surface area contributed by atoms with E-state index in [0.29, 0.717) is 19.2 Å². The summed E-state index contributed by atoms with van der Waals surface area (Å²) >= 11 is 6.07. The number of halogens is 3. The Morgan fingerprint density at radius 3 is 2.41 bits per heavy atom. The first-order valence-electron chi connectivity index (χ1n) is 8.56. The molecule has 0 aromatic heterocycles. The molecule has 0 amide bonds. The molecule has 2 atom stereocenters. The van der Waals surface area contributed by atoms with Crippen LogP contribution in [0.15, 0.2) is 48.5 Å². The summed E-state index contributed by atoms with van der Waals surface area (Å²) in [6.45, 7) is 3.97. The monoisotopic (exact) mass is 434 g/mol. The second-order valence-electron chi connectivity index (χ2n) is 6.07. The molecule has 4 nitrogen and oxygen atoms in total. The zero-order valence-electron chi connectivity index (χ0n) is 15.7. The number of ether oxygens (including phenoxy) is 2. The molecule has 0 radical (unpaired) electrons. The quantitative estimate of drug-likeness (QED) is 0.579. The van der Waals surface area contributed by atoms with Crippen LogP contribution in [0.1, 0.15) is 24.2 Å². The Labute approximate surface area is 179 Å². The van der Waals surface area contributed by atoms with E-state index in [1.807, 2.05) is 36.4 Å². The number of nitrogens with one attached hydrogen (secondary N) is 1. The average Bonchev–Trinajstić information content (AvgIpc) is 2.62. The topological polar surface area (TPSA) is 56.5 Å². The van der Waals surface area contributed by atoms with Crippen molar-refractivity contribution in [2.75, 3.05) is 26.8 Å². The molecular formula is C20H29Cl3N2O2. The average molecular weight is 436 g/mol. The second kappa shape index (κ2) is 14.1. The molecule has 3 N–H and O–H groups in total. The van der Waals surface area contributed by atoms with Crippen LogP contribution in [0, 0.1) is 0 Å². The molecule has 0 aliphatic rings. The standard InChI is InChI=1S/C20H27ClN2O2.2ClH/c1-15(12-16-6-8-19(9-7-16)25-11-10-22)23-14-20(24-2)17-4-3-5-18(21)13-17;;/h3-9,13,15,20,23H,10-12,14,22H2,1-2H3;2*1H. The van der Waals surface area contributed by atoms with Crippen LogP contribution in [0.25, 0.3) is 0 Å². The summed E-state index contributed by atoms with van der Waals surface area (Å²) < 4.78 is 11.1. The Balaban J connectivity index is 0.00000338. The fourth-order valence-corrected chi connectivity index (χ4v) is 2.88. The summed E-state index contributed by atoms with van der Waals surface area (Å²) in [5.41, 5.74) is 7.78. The first kappa shape index (κ1) is 26.0. The zero-order valence-corrected chi connectivity index (χ0v) is 18.1. The molecule has 0 aliphatic heterocycles. The molecule has 7 heteroatoms. The minimum atomic E-state index is -0.0202. The summed E-state index contributed by atoms with van der Waals surface area (Å²) in [4.78, 5) is 0. The number of benzene rings is 2. The van der Waals surface area contributed by atoms with Gasteiger partial charge in [0, 0.05) is 31.3 Å². The lowest BCUT2D eigenvalue weighted by molar-refractivity contribution is 0.0999. The number of hydrogen-bond donors (Lipinski definition) is 2. The van der Waals surface area contributed by atoms with Gasteiger partial charge in [0.2, 0.25) is 0 Å². The Bertz CT molecular complexity index is 641. The SMILES string of the molecule is COC(CNC(C)Cc1ccc(OCCN)cc1)c1cccc(Cl)c1.Cl.Cl. The van der Waals surface area contributed by atoms with Gasteiger partial charge in [0.15, 0.2) is 0 Å². The summed E-state index contributed by atoms with van der Waals surface area (Å²) in [7, 11) is 1.72. The van der Waals surface area contributed by atoms with Gasteiger partial charge in [-0.2, -0.15) is 0 Å². The molecule has 2 rings (SSSR count). The van der Waals surface area contributed by atoms with Gasteiger partial charge in [-0.25, -0.2) is 0 Å². The maximum atomic E-state index is 6.07. The van der Waals surface area contributed by atoms with Crippen LogP contribution in [-0.4, -0.2) is 32.8 Å². The molecule has 0 spiro atoms. The lowest BCUT2D eigenvalue weighted by Crippen LogP contribution is -2.32. The van der Waals surface area contributed by atoms with Gasteiger partial charge < -0.3 is 20.5 Å². The molecule has 2 aromatic carbocycles. The van der Waals surface area contributed by atoms with E-state index in [4.69, 9.17) is 26.8 Å². The minimum Gasteiger partial charge on any atom is -0.492 e. The van der Waals surface area contributed by atoms with Crippen molar-refractivity contribution in [2.45, 2.75) is 25.5 Å². The number of methoxy groups -OCH3 is 1. The number of rotatable bonds is 10. The van der Waals surface area contributed by atoms with Crippen LogP contribution in [0.5, 0.6) is 5.75 Å². The van der Waals surface area contributed by atoms with Crippen molar-refractivity contribution in [3.8, 4) is 5.75 Å². The summed E-state index contributed by atoms with van der Waals surface area (Å²) in [5, 5.41) is 4.26. The Kier molecular flexibility index (Phi) is 13.5. The van der Waals surface area contributed by atoms with Crippen LogP contribution in [0.2, 0.25) is 5.02 Å². The summed E-state index contributed by atoms with van der Waals surface area (Å²) in [6, 6.07) is 16.3. The van der Waals surface area contributed by atoms with Gasteiger partial charge in [-0.3, -0.25) is 0 Å². The summed E-state index contributed by atoms with van der Waals surface area (Å²) in [6.07, 6.45) is 0.913. The number of hydrogen-bond acceptors (Lipinski definition) is 4. The highest BCUT2D eigenvalue weighted by Crippen LogP contribution is 2.20. The van der Waals surface area contributed by atoms with Gasteiger partial charge in [0.25, 0.3) is 0 Å².